The molecule has 0 aliphatic carbocycles. The summed E-state index contributed by atoms with van der Waals surface area (Å²) in [5, 5.41) is 14.9. The van der Waals surface area contributed by atoms with Crippen molar-refractivity contribution < 1.29 is 52.6 Å². The smallest absolute Gasteiger partial charge is 0.311 e. The Kier molecular flexibility index (Phi) is 13.5. The van der Waals surface area contributed by atoms with Crippen molar-refractivity contribution in [2.24, 2.45) is 23.7 Å². The first kappa shape index (κ1) is 41.0. The fraction of sp³-hybridized carbons (Fsp3) is 0.895. The zero-order valence-electron chi connectivity index (χ0n) is 32.6. The van der Waals surface area contributed by atoms with Gasteiger partial charge in [0, 0.05) is 51.0 Å². The number of aliphatic hydroxyl groups excluding tert-OH is 1. The van der Waals surface area contributed by atoms with Crippen LogP contribution in [-0.4, -0.2) is 104 Å². The molecule has 2 N–H and O–H groups in total. The normalized spacial score (nSPS) is 46.2. The van der Waals surface area contributed by atoms with Gasteiger partial charge in [-0.2, -0.15) is 0 Å². The van der Waals surface area contributed by atoms with E-state index in [2.05, 4.69) is 5.32 Å². The zero-order valence-corrected chi connectivity index (χ0v) is 32.6. The topological polar surface area (TPSA) is 140 Å². The lowest BCUT2D eigenvalue weighted by Gasteiger charge is -2.47. The lowest BCUT2D eigenvalue weighted by Crippen LogP contribution is -2.60. The molecular weight excluding hydrogens is 646 g/mol. The van der Waals surface area contributed by atoms with Gasteiger partial charge >= 0.3 is 11.9 Å². The van der Waals surface area contributed by atoms with Crippen molar-refractivity contribution in [2.45, 2.75) is 181 Å². The molecule has 4 aliphatic heterocycles. The number of likely N-dealkylation sites (N-methyl/N-ethyl adjacent to an activating group) is 1. The van der Waals surface area contributed by atoms with Gasteiger partial charge in [0.2, 0.25) is 0 Å². The maximum atomic E-state index is 14.1. The summed E-state index contributed by atoms with van der Waals surface area (Å²) in [5.41, 5.74) is -0.449. The van der Waals surface area contributed by atoms with Crippen LogP contribution >= 0.6 is 0 Å². The lowest BCUT2D eigenvalue weighted by molar-refractivity contribution is -0.306. The van der Waals surface area contributed by atoms with Crippen LogP contribution in [0.15, 0.2) is 11.3 Å². The van der Waals surface area contributed by atoms with Crippen LogP contribution in [0, 0.1) is 23.7 Å². The van der Waals surface area contributed by atoms with Crippen molar-refractivity contribution in [3.05, 3.63) is 11.3 Å². The summed E-state index contributed by atoms with van der Waals surface area (Å²) in [7, 11) is 3.52. The highest BCUT2D eigenvalue weighted by atomic mass is 16.7. The second-order valence-electron chi connectivity index (χ2n) is 16.0. The van der Waals surface area contributed by atoms with Gasteiger partial charge in [0.25, 0.3) is 0 Å². The number of carbonyl (C=O) groups excluding carboxylic acids is 2. The number of rotatable bonds is 8. The van der Waals surface area contributed by atoms with Crippen LogP contribution in [0.2, 0.25) is 0 Å². The molecule has 0 amide bonds. The van der Waals surface area contributed by atoms with E-state index in [0.29, 0.717) is 37.9 Å². The predicted molar refractivity (Wildman–Crippen MR) is 186 cm³/mol. The zero-order chi connectivity index (χ0) is 37.3. The van der Waals surface area contributed by atoms with E-state index < -0.39 is 78.1 Å². The molecule has 0 aromatic carbocycles. The molecule has 4 rings (SSSR count). The third-order valence-corrected chi connectivity index (χ3v) is 11.6. The van der Waals surface area contributed by atoms with Crippen molar-refractivity contribution in [2.75, 3.05) is 14.2 Å². The minimum atomic E-state index is -0.971. The Hall–Kier alpha value is -1.80. The molecule has 12 heteroatoms. The number of hydrogen-bond donors (Lipinski definition) is 2. The van der Waals surface area contributed by atoms with Gasteiger partial charge in [-0.05, 0) is 67.0 Å². The van der Waals surface area contributed by atoms with Gasteiger partial charge in [-0.15, -0.1) is 0 Å². The first-order valence-electron chi connectivity index (χ1n) is 18.7. The predicted octanol–water partition coefficient (Wildman–Crippen LogP) is 5.04. The number of cyclic esters (lactones) is 1. The first-order valence-corrected chi connectivity index (χ1v) is 18.7. The number of carbonyl (C=O) groups is 2. The summed E-state index contributed by atoms with van der Waals surface area (Å²) in [4.78, 5) is 26.5. The second kappa shape index (κ2) is 16.5. The number of ether oxygens (including phenoxy) is 8. The molecule has 3 saturated heterocycles. The second-order valence-corrected chi connectivity index (χ2v) is 16.0. The molecule has 12 nitrogen and oxygen atoms in total. The Morgan fingerprint density at radius 2 is 1.66 bits per heavy atom. The minimum Gasteiger partial charge on any atom is -0.489 e. The van der Waals surface area contributed by atoms with Gasteiger partial charge in [-0.1, -0.05) is 27.7 Å². The molecule has 0 radical (unpaired) electrons. The third-order valence-electron chi connectivity index (χ3n) is 11.6. The average Bonchev–Trinajstić information content (AvgIpc) is 3.37. The number of fused-ring (bicyclic) bond motifs is 2. The van der Waals surface area contributed by atoms with Crippen LogP contribution in [0.3, 0.4) is 0 Å². The summed E-state index contributed by atoms with van der Waals surface area (Å²) in [6.07, 6.45) is -2.79. The summed E-state index contributed by atoms with van der Waals surface area (Å²) in [6.45, 7) is 21.0. The molecule has 0 aromatic rings. The maximum absolute atomic E-state index is 14.1. The van der Waals surface area contributed by atoms with Crippen molar-refractivity contribution in [3.8, 4) is 0 Å². The summed E-state index contributed by atoms with van der Waals surface area (Å²) >= 11 is 0. The van der Waals surface area contributed by atoms with Crippen LogP contribution < -0.4 is 5.32 Å². The van der Waals surface area contributed by atoms with E-state index in [-0.39, 0.29) is 30.1 Å². The molecule has 4 heterocycles. The Morgan fingerprint density at radius 1 is 0.980 bits per heavy atom. The van der Waals surface area contributed by atoms with Gasteiger partial charge in [-0.3, -0.25) is 9.59 Å². The van der Waals surface area contributed by atoms with Crippen LogP contribution in [0.5, 0.6) is 0 Å². The lowest BCUT2D eigenvalue weighted by atomic mass is 9.79. The van der Waals surface area contributed by atoms with E-state index >= 15 is 0 Å². The number of aliphatic hydroxyl groups is 1. The van der Waals surface area contributed by atoms with E-state index in [9.17, 15) is 14.7 Å². The van der Waals surface area contributed by atoms with Gasteiger partial charge in [0.1, 0.15) is 23.6 Å². The van der Waals surface area contributed by atoms with Crippen LogP contribution in [0.4, 0.5) is 0 Å². The number of hydrogen-bond acceptors (Lipinski definition) is 12. The number of esters is 2. The van der Waals surface area contributed by atoms with E-state index in [1.165, 1.54) is 6.92 Å². The fourth-order valence-corrected chi connectivity index (χ4v) is 8.84. The molecule has 50 heavy (non-hydrogen) atoms. The van der Waals surface area contributed by atoms with Crippen LogP contribution in [0.1, 0.15) is 108 Å². The Labute approximate surface area is 299 Å². The van der Waals surface area contributed by atoms with Crippen LogP contribution in [-0.2, 0) is 47.5 Å². The van der Waals surface area contributed by atoms with Crippen molar-refractivity contribution in [1.29, 1.82) is 0 Å². The monoisotopic (exact) mass is 711 g/mol. The molecule has 0 saturated carbocycles. The fourth-order valence-electron chi connectivity index (χ4n) is 8.84. The maximum Gasteiger partial charge on any atom is 0.311 e. The summed E-state index contributed by atoms with van der Waals surface area (Å²) in [5.74, 6) is -2.19. The number of nitrogens with one attached hydrogen (secondary N) is 1. The van der Waals surface area contributed by atoms with Crippen LogP contribution in [0.25, 0.3) is 0 Å². The average molecular weight is 712 g/mol. The highest BCUT2D eigenvalue weighted by Crippen LogP contribution is 2.47. The van der Waals surface area contributed by atoms with Gasteiger partial charge in [-0.25, -0.2) is 0 Å². The molecular formula is C38H65NO11. The standard InChI is InChI=1S/C38H65NO11/c1-14-28-22(5)30(41)23(6)31-19(2)16-38(11,50-31)34(49-36-33(46-26(9)40)27(39-12)15-20(3)45-36)24(7)32(25(8)35(42)47-28)48-29-18-37(10,43-13)17-21(4)44-29/h20-25,27-30,32-34,36,39,41H,14-18H2,1-13H3/t20-,21+,22+,23-,24+,25-,27+,28-,29+,30+,32+,33-,34-,36+,37+,38-/m1/s1. The van der Waals surface area contributed by atoms with E-state index in [1.807, 2.05) is 76.3 Å². The molecule has 288 valence electrons. The highest BCUT2D eigenvalue weighted by molar-refractivity contribution is 5.73. The Morgan fingerprint density at radius 3 is 2.26 bits per heavy atom. The van der Waals surface area contributed by atoms with Crippen molar-refractivity contribution in [3.63, 3.8) is 0 Å². The SMILES string of the molecule is CC[C@H]1OC(=O)[C@H](C)[C@@H](O[C@H]2C[C@@](C)(OC)C[C@H](C)O2)[C@H](C)[C@@H](O[C@@H]2O[C@H](C)C[C@H](NC)[C@H]2OC(C)=O)[C@@]2(C)CC(C)=C(O2)[C@H](C)[C@@H](O)[C@H]1C. The quantitative estimate of drug-likeness (QED) is 0.326. The van der Waals surface area contributed by atoms with Gasteiger partial charge in [0.05, 0.1) is 42.0 Å². The Balaban J connectivity index is 1.84. The summed E-state index contributed by atoms with van der Waals surface area (Å²) in [6, 6.07) is -0.224. The largest absolute Gasteiger partial charge is 0.489 e. The Bertz CT molecular complexity index is 1210. The van der Waals surface area contributed by atoms with E-state index in [4.69, 9.17) is 37.9 Å². The molecule has 3 fully saturated rings. The molecule has 4 aliphatic rings. The minimum absolute atomic E-state index is 0.142. The first-order chi connectivity index (χ1) is 23.4. The van der Waals surface area contributed by atoms with Crippen molar-refractivity contribution >= 4 is 11.9 Å². The van der Waals surface area contributed by atoms with E-state index in [0.717, 1.165) is 5.57 Å². The van der Waals surface area contributed by atoms with Gasteiger partial charge in [0.15, 0.2) is 18.7 Å². The molecule has 0 spiro atoms. The summed E-state index contributed by atoms with van der Waals surface area (Å²) < 4.78 is 51.5. The van der Waals surface area contributed by atoms with E-state index in [1.54, 1.807) is 7.11 Å². The molecule has 2 bridgehead atoms. The van der Waals surface area contributed by atoms with Crippen molar-refractivity contribution in [1.82, 2.24) is 5.32 Å². The third kappa shape index (κ3) is 8.86. The highest BCUT2D eigenvalue weighted by Gasteiger charge is 2.54. The molecule has 16 atom stereocenters. The number of methoxy groups -OCH3 is 1. The molecule has 0 aromatic heterocycles. The molecule has 0 unspecified atom stereocenters. The van der Waals surface area contributed by atoms with Gasteiger partial charge < -0.3 is 48.3 Å².